The molecular weight excluding hydrogens is 358 g/mol. The first-order valence-corrected chi connectivity index (χ1v) is 8.87. The lowest BCUT2D eigenvalue weighted by Gasteiger charge is -2.23. The summed E-state index contributed by atoms with van der Waals surface area (Å²) in [6.45, 7) is -0.253. The summed E-state index contributed by atoms with van der Waals surface area (Å²) in [6, 6.07) is 17.8. The Balaban J connectivity index is 1.64. The van der Waals surface area contributed by atoms with E-state index in [1.807, 2.05) is 42.5 Å². The first-order chi connectivity index (χ1) is 13.6. The summed E-state index contributed by atoms with van der Waals surface area (Å²) in [5.41, 5.74) is 2.31. The summed E-state index contributed by atoms with van der Waals surface area (Å²) in [4.78, 5) is 37.1. The maximum absolute atomic E-state index is 12.5. The van der Waals surface area contributed by atoms with Crippen LogP contribution in [0.2, 0.25) is 0 Å². The van der Waals surface area contributed by atoms with Crippen LogP contribution in [0.3, 0.4) is 0 Å². The largest absolute Gasteiger partial charge is 0.439 e. The first-order valence-electron chi connectivity index (χ1n) is 8.87. The molecule has 2 aromatic carbocycles. The minimum absolute atomic E-state index is 0.0181. The Kier molecular flexibility index (Phi) is 6.02. The van der Waals surface area contributed by atoms with E-state index in [1.165, 1.54) is 0 Å². The van der Waals surface area contributed by atoms with Crippen molar-refractivity contribution in [2.45, 2.75) is 18.9 Å². The lowest BCUT2D eigenvalue weighted by atomic mass is 10.0. The van der Waals surface area contributed by atoms with Crippen LogP contribution in [0.4, 0.5) is 4.79 Å². The van der Waals surface area contributed by atoms with Gasteiger partial charge in [0.1, 0.15) is 0 Å². The van der Waals surface area contributed by atoms with Crippen LogP contribution in [0.1, 0.15) is 29.2 Å². The van der Waals surface area contributed by atoms with Crippen molar-refractivity contribution in [3.8, 4) is 6.07 Å². The molecule has 7 nitrogen and oxygen atoms in total. The molecule has 1 fully saturated rings. The molecule has 0 unspecified atom stereocenters. The number of carbonyl (C=O) groups is 3. The van der Waals surface area contributed by atoms with Crippen molar-refractivity contribution in [2.75, 3.05) is 13.2 Å². The zero-order valence-corrected chi connectivity index (χ0v) is 15.1. The van der Waals surface area contributed by atoms with Gasteiger partial charge >= 0.3 is 6.09 Å². The molecule has 1 atom stereocenters. The van der Waals surface area contributed by atoms with Crippen molar-refractivity contribution in [3.05, 3.63) is 71.3 Å². The maximum atomic E-state index is 12.5. The highest BCUT2D eigenvalue weighted by Crippen LogP contribution is 2.18. The summed E-state index contributed by atoms with van der Waals surface area (Å²) < 4.78 is 4.75. The molecule has 0 aliphatic carbocycles. The smallest absolute Gasteiger partial charge is 0.417 e. The summed E-state index contributed by atoms with van der Waals surface area (Å²) in [7, 11) is 0. The fourth-order valence-corrected chi connectivity index (χ4v) is 2.93. The van der Waals surface area contributed by atoms with E-state index in [-0.39, 0.29) is 25.5 Å². The zero-order chi connectivity index (χ0) is 19.9. The Morgan fingerprint density at radius 1 is 1.14 bits per heavy atom. The minimum Gasteiger partial charge on any atom is -0.439 e. The van der Waals surface area contributed by atoms with Crippen LogP contribution in [0.5, 0.6) is 0 Å². The van der Waals surface area contributed by atoms with Gasteiger partial charge in [0.25, 0.3) is 5.91 Å². The highest BCUT2D eigenvalue weighted by Gasteiger charge is 2.33. The number of amides is 3. The van der Waals surface area contributed by atoms with Crippen LogP contribution >= 0.6 is 0 Å². The average molecular weight is 377 g/mol. The SMILES string of the molecule is N#Cc1ccc(CCC(=O)N[C@@H](CN2C(=O)COC2=O)c2ccccc2)cc1. The molecule has 28 heavy (non-hydrogen) atoms. The van der Waals surface area contributed by atoms with Crippen LogP contribution in [0.25, 0.3) is 0 Å². The maximum Gasteiger partial charge on any atom is 0.417 e. The summed E-state index contributed by atoms with van der Waals surface area (Å²) in [5, 5.41) is 11.7. The molecule has 1 aliphatic heterocycles. The third-order valence-corrected chi connectivity index (χ3v) is 4.47. The van der Waals surface area contributed by atoms with Crippen molar-refractivity contribution in [1.82, 2.24) is 10.2 Å². The van der Waals surface area contributed by atoms with Crippen LogP contribution in [0.15, 0.2) is 54.6 Å². The van der Waals surface area contributed by atoms with Gasteiger partial charge in [0.15, 0.2) is 6.61 Å². The second kappa shape index (κ2) is 8.82. The van der Waals surface area contributed by atoms with Gasteiger partial charge in [-0.25, -0.2) is 9.69 Å². The van der Waals surface area contributed by atoms with Crippen molar-refractivity contribution < 1.29 is 19.1 Å². The van der Waals surface area contributed by atoms with Crippen LogP contribution in [-0.4, -0.2) is 36.0 Å². The predicted molar refractivity (Wildman–Crippen MR) is 99.9 cm³/mol. The van der Waals surface area contributed by atoms with E-state index >= 15 is 0 Å². The van der Waals surface area contributed by atoms with E-state index in [9.17, 15) is 14.4 Å². The number of imide groups is 1. The first kappa shape index (κ1) is 19.1. The van der Waals surface area contributed by atoms with E-state index in [0.717, 1.165) is 16.0 Å². The van der Waals surface area contributed by atoms with Gasteiger partial charge in [-0.15, -0.1) is 0 Å². The molecule has 0 spiro atoms. The highest BCUT2D eigenvalue weighted by atomic mass is 16.6. The average Bonchev–Trinajstić information content (AvgIpc) is 3.04. The molecule has 7 heteroatoms. The van der Waals surface area contributed by atoms with E-state index in [0.29, 0.717) is 12.0 Å². The number of aryl methyl sites for hydroxylation is 1. The van der Waals surface area contributed by atoms with E-state index in [4.69, 9.17) is 10.00 Å². The Bertz CT molecular complexity index is 887. The number of nitrogens with zero attached hydrogens (tertiary/aromatic N) is 2. The van der Waals surface area contributed by atoms with Crippen LogP contribution < -0.4 is 5.32 Å². The monoisotopic (exact) mass is 377 g/mol. The molecule has 2 aromatic rings. The lowest BCUT2D eigenvalue weighted by molar-refractivity contribution is -0.127. The van der Waals surface area contributed by atoms with Crippen molar-refractivity contribution in [2.24, 2.45) is 0 Å². The van der Waals surface area contributed by atoms with Gasteiger partial charge < -0.3 is 10.1 Å². The molecule has 142 valence electrons. The normalized spacial score (nSPS) is 14.3. The molecule has 0 bridgehead atoms. The standard InChI is InChI=1S/C21H19N3O4/c22-12-16-8-6-15(7-9-16)10-11-19(25)23-18(17-4-2-1-3-5-17)13-24-20(26)14-28-21(24)27/h1-9,18H,10-11,13-14H2,(H,23,25)/t18-/m0/s1. The van der Waals surface area contributed by atoms with Crippen molar-refractivity contribution >= 4 is 17.9 Å². The van der Waals surface area contributed by atoms with Crippen LogP contribution in [0, 0.1) is 11.3 Å². The number of rotatable bonds is 7. The van der Waals surface area contributed by atoms with Gasteiger partial charge in [-0.3, -0.25) is 9.59 Å². The lowest BCUT2D eigenvalue weighted by Crippen LogP contribution is -2.40. The molecule has 0 radical (unpaired) electrons. The second-order valence-electron chi connectivity index (χ2n) is 6.40. The number of nitrogens with one attached hydrogen (secondary N) is 1. The Labute approximate surface area is 162 Å². The second-order valence-corrected chi connectivity index (χ2v) is 6.40. The Hall–Kier alpha value is -3.66. The van der Waals surface area contributed by atoms with Crippen molar-refractivity contribution in [1.29, 1.82) is 5.26 Å². The highest BCUT2D eigenvalue weighted by molar-refractivity contribution is 5.97. The molecule has 1 heterocycles. The van der Waals surface area contributed by atoms with Gasteiger partial charge in [0, 0.05) is 6.42 Å². The molecule has 3 rings (SSSR count). The number of cyclic esters (lactones) is 1. The number of hydrogen-bond donors (Lipinski definition) is 1. The number of ether oxygens (including phenoxy) is 1. The fourth-order valence-electron chi connectivity index (χ4n) is 2.93. The third kappa shape index (κ3) is 4.74. The van der Waals surface area contributed by atoms with Gasteiger partial charge in [-0.2, -0.15) is 5.26 Å². The fraction of sp³-hybridized carbons (Fsp3) is 0.238. The number of hydrogen-bond acceptors (Lipinski definition) is 5. The number of nitriles is 1. The van der Waals surface area contributed by atoms with E-state index in [1.54, 1.807) is 12.1 Å². The molecule has 1 aliphatic rings. The Morgan fingerprint density at radius 3 is 2.46 bits per heavy atom. The summed E-state index contributed by atoms with van der Waals surface area (Å²) >= 11 is 0. The molecule has 0 aromatic heterocycles. The quantitative estimate of drug-likeness (QED) is 0.798. The summed E-state index contributed by atoms with van der Waals surface area (Å²) in [5.74, 6) is -0.615. The van der Waals surface area contributed by atoms with E-state index in [2.05, 4.69) is 11.4 Å². The van der Waals surface area contributed by atoms with Gasteiger partial charge in [0.2, 0.25) is 5.91 Å². The number of carbonyl (C=O) groups excluding carboxylic acids is 3. The summed E-state index contributed by atoms with van der Waals surface area (Å²) in [6.07, 6.45) is 0.0648. The molecule has 1 N–H and O–H groups in total. The molecule has 0 saturated carbocycles. The zero-order valence-electron chi connectivity index (χ0n) is 15.1. The van der Waals surface area contributed by atoms with Crippen molar-refractivity contribution in [3.63, 3.8) is 0 Å². The van der Waals surface area contributed by atoms with Crippen LogP contribution in [-0.2, 0) is 20.7 Å². The third-order valence-electron chi connectivity index (χ3n) is 4.47. The molecule has 3 amide bonds. The topological polar surface area (TPSA) is 99.5 Å². The molecular formula is C21H19N3O4. The minimum atomic E-state index is -0.697. The predicted octanol–water partition coefficient (Wildman–Crippen LogP) is 2.33. The van der Waals surface area contributed by atoms with Gasteiger partial charge in [-0.05, 0) is 29.7 Å². The van der Waals surface area contributed by atoms with Gasteiger partial charge in [-0.1, -0.05) is 42.5 Å². The Morgan fingerprint density at radius 2 is 1.86 bits per heavy atom. The van der Waals surface area contributed by atoms with E-state index < -0.39 is 18.0 Å². The molecule has 1 saturated heterocycles. The van der Waals surface area contributed by atoms with Gasteiger partial charge in [0.05, 0.1) is 24.2 Å². The number of benzene rings is 2.